The lowest BCUT2D eigenvalue weighted by Crippen LogP contribution is -2.06. The Morgan fingerprint density at radius 2 is 2.07 bits per heavy atom. The Morgan fingerprint density at radius 1 is 1.33 bits per heavy atom. The summed E-state index contributed by atoms with van der Waals surface area (Å²) in [5.41, 5.74) is 7.65. The molecular formula is C12H15N3. The summed E-state index contributed by atoms with van der Waals surface area (Å²) in [7, 11) is 0. The lowest BCUT2D eigenvalue weighted by molar-refractivity contribution is 0.543. The van der Waals surface area contributed by atoms with E-state index >= 15 is 0 Å². The Bertz CT molecular complexity index is 419. The molecule has 0 saturated carbocycles. The third-order valence-electron chi connectivity index (χ3n) is 2.48. The largest absolute Gasteiger partial charge is 0.396 e. The number of nitrogen functional groups attached to an aromatic ring is 1. The second-order valence-corrected chi connectivity index (χ2v) is 3.81. The zero-order valence-corrected chi connectivity index (χ0v) is 8.80. The summed E-state index contributed by atoms with van der Waals surface area (Å²) >= 11 is 0. The zero-order valence-electron chi connectivity index (χ0n) is 8.80. The van der Waals surface area contributed by atoms with Gasteiger partial charge in [-0.2, -0.15) is 5.10 Å². The Balaban J connectivity index is 2.07. The summed E-state index contributed by atoms with van der Waals surface area (Å²) < 4.78 is 1.88. The number of nitrogens with zero attached hydrogens (tertiary/aromatic N) is 2. The molecule has 1 heterocycles. The highest BCUT2D eigenvalue weighted by molar-refractivity contribution is 5.30. The highest BCUT2D eigenvalue weighted by Crippen LogP contribution is 2.16. The average Bonchev–Trinajstić information content (AvgIpc) is 2.65. The van der Waals surface area contributed by atoms with Gasteiger partial charge in [0.1, 0.15) is 0 Å². The van der Waals surface area contributed by atoms with E-state index in [1.807, 2.05) is 16.9 Å². The molecule has 0 spiro atoms. The third kappa shape index (κ3) is 2.37. The molecule has 0 aliphatic heterocycles. The maximum atomic E-state index is 5.61. The molecule has 0 radical (unpaired) electrons. The minimum atomic E-state index is 0.450. The molecule has 3 nitrogen and oxygen atoms in total. The van der Waals surface area contributed by atoms with E-state index in [1.165, 1.54) is 5.56 Å². The molecule has 0 aliphatic rings. The maximum Gasteiger partial charge on any atom is 0.0719 e. The molecule has 2 rings (SSSR count). The van der Waals surface area contributed by atoms with Crippen molar-refractivity contribution in [3.05, 3.63) is 48.3 Å². The minimum absolute atomic E-state index is 0.450. The number of anilines is 1. The van der Waals surface area contributed by atoms with Crippen molar-refractivity contribution in [2.45, 2.75) is 19.4 Å². The first-order chi connectivity index (χ1) is 7.25. The van der Waals surface area contributed by atoms with E-state index in [1.54, 1.807) is 6.20 Å². The van der Waals surface area contributed by atoms with E-state index in [4.69, 9.17) is 5.73 Å². The Hall–Kier alpha value is -1.77. The van der Waals surface area contributed by atoms with Crippen LogP contribution in [0.5, 0.6) is 0 Å². The third-order valence-corrected chi connectivity index (χ3v) is 2.48. The van der Waals surface area contributed by atoms with Gasteiger partial charge in [-0.1, -0.05) is 37.3 Å². The van der Waals surface area contributed by atoms with Gasteiger partial charge in [-0.25, -0.2) is 0 Å². The maximum absolute atomic E-state index is 5.61. The predicted octanol–water partition coefficient (Wildman–Crippen LogP) is 2.27. The molecule has 1 aromatic carbocycles. The van der Waals surface area contributed by atoms with Crippen LogP contribution >= 0.6 is 0 Å². The summed E-state index contributed by atoms with van der Waals surface area (Å²) in [6.45, 7) is 3.05. The van der Waals surface area contributed by atoms with Gasteiger partial charge in [-0.15, -0.1) is 0 Å². The first kappa shape index (κ1) is 9.77. The van der Waals surface area contributed by atoms with Gasteiger partial charge in [0.05, 0.1) is 11.9 Å². The van der Waals surface area contributed by atoms with Gasteiger partial charge < -0.3 is 5.73 Å². The molecule has 0 saturated heterocycles. The molecule has 0 amide bonds. The number of rotatable bonds is 3. The SMILES string of the molecule is C[C@H](Cn1cc(N)cn1)c1ccccc1. The van der Waals surface area contributed by atoms with E-state index in [2.05, 4.69) is 36.3 Å². The van der Waals surface area contributed by atoms with Gasteiger partial charge >= 0.3 is 0 Å². The topological polar surface area (TPSA) is 43.8 Å². The van der Waals surface area contributed by atoms with Crippen LogP contribution in [-0.2, 0) is 6.54 Å². The van der Waals surface area contributed by atoms with Crippen LogP contribution < -0.4 is 5.73 Å². The van der Waals surface area contributed by atoms with Crippen LogP contribution in [0.4, 0.5) is 5.69 Å². The molecular weight excluding hydrogens is 186 g/mol. The van der Waals surface area contributed by atoms with Crippen molar-refractivity contribution in [2.24, 2.45) is 0 Å². The van der Waals surface area contributed by atoms with Gasteiger partial charge in [-0.05, 0) is 5.56 Å². The van der Waals surface area contributed by atoms with Gasteiger partial charge in [0, 0.05) is 18.7 Å². The van der Waals surface area contributed by atoms with Crippen molar-refractivity contribution in [2.75, 3.05) is 5.73 Å². The fourth-order valence-electron chi connectivity index (χ4n) is 1.65. The van der Waals surface area contributed by atoms with E-state index in [0.29, 0.717) is 5.92 Å². The number of hydrogen-bond acceptors (Lipinski definition) is 2. The fourth-order valence-corrected chi connectivity index (χ4v) is 1.65. The fraction of sp³-hybridized carbons (Fsp3) is 0.250. The predicted molar refractivity (Wildman–Crippen MR) is 61.5 cm³/mol. The average molecular weight is 201 g/mol. The standard InChI is InChI=1S/C12H15N3/c1-10(11-5-3-2-4-6-11)8-15-9-12(13)7-14-15/h2-7,9-10H,8,13H2,1H3/t10-/m1/s1. The van der Waals surface area contributed by atoms with Crippen LogP contribution in [0.15, 0.2) is 42.7 Å². The molecule has 2 aromatic rings. The van der Waals surface area contributed by atoms with E-state index in [9.17, 15) is 0 Å². The molecule has 3 heteroatoms. The second kappa shape index (κ2) is 4.17. The summed E-state index contributed by atoms with van der Waals surface area (Å²) in [5.74, 6) is 0.450. The summed E-state index contributed by atoms with van der Waals surface area (Å²) in [5, 5.41) is 4.17. The second-order valence-electron chi connectivity index (χ2n) is 3.81. The van der Waals surface area contributed by atoms with Crippen LogP contribution in [0.2, 0.25) is 0 Å². The summed E-state index contributed by atoms with van der Waals surface area (Å²) in [6.07, 6.45) is 3.54. The van der Waals surface area contributed by atoms with E-state index in [0.717, 1.165) is 12.2 Å². The molecule has 1 atom stereocenters. The first-order valence-electron chi connectivity index (χ1n) is 5.08. The molecule has 2 N–H and O–H groups in total. The van der Waals surface area contributed by atoms with Crippen LogP contribution in [-0.4, -0.2) is 9.78 Å². The molecule has 78 valence electrons. The Morgan fingerprint density at radius 3 is 2.67 bits per heavy atom. The van der Waals surface area contributed by atoms with Crippen LogP contribution in [0.1, 0.15) is 18.4 Å². The quantitative estimate of drug-likeness (QED) is 0.827. The van der Waals surface area contributed by atoms with Gasteiger partial charge in [0.2, 0.25) is 0 Å². The highest BCUT2D eigenvalue weighted by Gasteiger charge is 2.06. The normalized spacial score (nSPS) is 12.6. The van der Waals surface area contributed by atoms with Gasteiger partial charge in [0.15, 0.2) is 0 Å². The molecule has 0 aliphatic carbocycles. The van der Waals surface area contributed by atoms with Gasteiger partial charge in [-0.3, -0.25) is 4.68 Å². The van der Waals surface area contributed by atoms with Crippen molar-refractivity contribution in [3.8, 4) is 0 Å². The number of nitrogens with two attached hydrogens (primary N) is 1. The van der Waals surface area contributed by atoms with Crippen molar-refractivity contribution >= 4 is 5.69 Å². The van der Waals surface area contributed by atoms with Crippen LogP contribution in [0, 0.1) is 0 Å². The molecule has 0 fully saturated rings. The minimum Gasteiger partial charge on any atom is -0.396 e. The lowest BCUT2D eigenvalue weighted by atomic mass is 10.0. The monoisotopic (exact) mass is 201 g/mol. The lowest BCUT2D eigenvalue weighted by Gasteiger charge is -2.11. The molecule has 15 heavy (non-hydrogen) atoms. The van der Waals surface area contributed by atoms with Crippen molar-refractivity contribution in [1.82, 2.24) is 9.78 Å². The summed E-state index contributed by atoms with van der Waals surface area (Å²) in [4.78, 5) is 0. The van der Waals surface area contributed by atoms with Crippen molar-refractivity contribution in [3.63, 3.8) is 0 Å². The van der Waals surface area contributed by atoms with Gasteiger partial charge in [0.25, 0.3) is 0 Å². The number of hydrogen-bond donors (Lipinski definition) is 1. The zero-order chi connectivity index (χ0) is 10.7. The molecule has 0 unspecified atom stereocenters. The smallest absolute Gasteiger partial charge is 0.0719 e. The summed E-state index contributed by atoms with van der Waals surface area (Å²) in [6, 6.07) is 10.4. The van der Waals surface area contributed by atoms with E-state index < -0.39 is 0 Å². The molecule has 1 aromatic heterocycles. The Kier molecular flexibility index (Phi) is 2.72. The van der Waals surface area contributed by atoms with Crippen LogP contribution in [0.3, 0.4) is 0 Å². The molecule has 0 bridgehead atoms. The first-order valence-corrected chi connectivity index (χ1v) is 5.08. The van der Waals surface area contributed by atoms with Crippen molar-refractivity contribution < 1.29 is 0 Å². The Labute approximate surface area is 89.5 Å². The number of aromatic nitrogens is 2. The highest BCUT2D eigenvalue weighted by atomic mass is 15.3. The number of benzene rings is 1. The van der Waals surface area contributed by atoms with Crippen LogP contribution in [0.25, 0.3) is 0 Å². The van der Waals surface area contributed by atoms with E-state index in [-0.39, 0.29) is 0 Å². The van der Waals surface area contributed by atoms with Crippen molar-refractivity contribution in [1.29, 1.82) is 0 Å².